The van der Waals surface area contributed by atoms with Crippen LogP contribution in [0.25, 0.3) is 10.9 Å². The SMILES string of the molecule is O=C(Cc1ccccc1)NCCNC(=O)c1c[nH]c2ccccc12. The summed E-state index contributed by atoms with van der Waals surface area (Å²) in [5, 5.41) is 6.52. The molecule has 24 heavy (non-hydrogen) atoms. The monoisotopic (exact) mass is 321 g/mol. The second-order valence-electron chi connectivity index (χ2n) is 5.52. The number of benzene rings is 2. The van der Waals surface area contributed by atoms with E-state index >= 15 is 0 Å². The first-order chi connectivity index (χ1) is 11.7. The van der Waals surface area contributed by atoms with Gasteiger partial charge in [0.25, 0.3) is 5.91 Å². The van der Waals surface area contributed by atoms with Gasteiger partial charge in [-0.1, -0.05) is 48.5 Å². The number of aromatic amines is 1. The average molecular weight is 321 g/mol. The number of para-hydroxylation sites is 1. The van der Waals surface area contributed by atoms with Crippen molar-refractivity contribution >= 4 is 22.7 Å². The maximum atomic E-state index is 12.2. The van der Waals surface area contributed by atoms with Crippen molar-refractivity contribution in [3.05, 3.63) is 71.9 Å². The lowest BCUT2D eigenvalue weighted by atomic mass is 10.1. The lowest BCUT2D eigenvalue weighted by molar-refractivity contribution is -0.120. The molecule has 0 aliphatic rings. The Bertz CT molecular complexity index is 840. The summed E-state index contributed by atoms with van der Waals surface area (Å²) in [4.78, 5) is 27.1. The van der Waals surface area contributed by atoms with Crippen molar-refractivity contribution in [1.82, 2.24) is 15.6 Å². The Morgan fingerprint density at radius 2 is 1.58 bits per heavy atom. The molecule has 122 valence electrons. The Hall–Kier alpha value is -3.08. The molecular formula is C19H19N3O2. The fraction of sp³-hybridized carbons (Fsp3) is 0.158. The number of fused-ring (bicyclic) bond motifs is 1. The van der Waals surface area contributed by atoms with Crippen LogP contribution >= 0.6 is 0 Å². The smallest absolute Gasteiger partial charge is 0.253 e. The van der Waals surface area contributed by atoms with E-state index in [9.17, 15) is 9.59 Å². The molecule has 3 rings (SSSR count). The Morgan fingerprint density at radius 3 is 2.42 bits per heavy atom. The molecule has 0 atom stereocenters. The van der Waals surface area contributed by atoms with Gasteiger partial charge in [-0.15, -0.1) is 0 Å². The highest BCUT2D eigenvalue weighted by Gasteiger charge is 2.11. The van der Waals surface area contributed by atoms with E-state index in [1.807, 2.05) is 54.6 Å². The van der Waals surface area contributed by atoms with Crippen molar-refractivity contribution in [2.24, 2.45) is 0 Å². The zero-order chi connectivity index (χ0) is 16.8. The normalized spacial score (nSPS) is 10.5. The number of carbonyl (C=O) groups is 2. The molecule has 0 saturated carbocycles. The number of aromatic nitrogens is 1. The molecule has 0 radical (unpaired) electrons. The first kappa shape index (κ1) is 15.8. The Balaban J connectivity index is 1.45. The Kier molecular flexibility index (Phi) is 4.91. The molecule has 1 aromatic heterocycles. The van der Waals surface area contributed by atoms with Crippen LogP contribution in [-0.2, 0) is 11.2 Å². The third kappa shape index (κ3) is 3.81. The maximum absolute atomic E-state index is 12.2. The molecule has 3 N–H and O–H groups in total. The first-order valence-electron chi connectivity index (χ1n) is 7.89. The van der Waals surface area contributed by atoms with Gasteiger partial charge in [0, 0.05) is 30.2 Å². The van der Waals surface area contributed by atoms with Crippen molar-refractivity contribution in [2.75, 3.05) is 13.1 Å². The number of carbonyl (C=O) groups excluding carboxylic acids is 2. The predicted molar refractivity (Wildman–Crippen MR) is 93.8 cm³/mol. The van der Waals surface area contributed by atoms with Crippen molar-refractivity contribution < 1.29 is 9.59 Å². The molecule has 0 bridgehead atoms. The van der Waals surface area contributed by atoms with Crippen LogP contribution in [0.3, 0.4) is 0 Å². The van der Waals surface area contributed by atoms with Gasteiger partial charge in [0.05, 0.1) is 12.0 Å². The Labute approximate surface area is 140 Å². The minimum Gasteiger partial charge on any atom is -0.360 e. The second kappa shape index (κ2) is 7.46. The van der Waals surface area contributed by atoms with Gasteiger partial charge in [0.15, 0.2) is 0 Å². The lowest BCUT2D eigenvalue weighted by Gasteiger charge is -2.07. The van der Waals surface area contributed by atoms with Crippen LogP contribution in [0.4, 0.5) is 0 Å². The predicted octanol–water partition coefficient (Wildman–Crippen LogP) is 2.26. The molecule has 0 saturated heterocycles. The third-order valence-corrected chi connectivity index (χ3v) is 3.77. The molecule has 0 aliphatic heterocycles. The summed E-state index contributed by atoms with van der Waals surface area (Å²) >= 11 is 0. The third-order valence-electron chi connectivity index (χ3n) is 3.77. The van der Waals surface area contributed by atoms with Gasteiger partial charge < -0.3 is 15.6 Å². The molecule has 0 unspecified atom stereocenters. The summed E-state index contributed by atoms with van der Waals surface area (Å²) in [7, 11) is 0. The van der Waals surface area contributed by atoms with Crippen LogP contribution < -0.4 is 10.6 Å². The van der Waals surface area contributed by atoms with Crippen LogP contribution in [0.15, 0.2) is 60.8 Å². The van der Waals surface area contributed by atoms with E-state index in [0.717, 1.165) is 16.5 Å². The first-order valence-corrected chi connectivity index (χ1v) is 7.89. The average Bonchev–Trinajstić information content (AvgIpc) is 3.03. The molecule has 0 fully saturated rings. The molecule has 2 aromatic carbocycles. The van der Waals surface area contributed by atoms with Gasteiger partial charge in [0.2, 0.25) is 5.91 Å². The van der Waals surface area contributed by atoms with E-state index in [-0.39, 0.29) is 11.8 Å². The van der Waals surface area contributed by atoms with Crippen molar-refractivity contribution in [3.63, 3.8) is 0 Å². The van der Waals surface area contributed by atoms with Crippen molar-refractivity contribution in [1.29, 1.82) is 0 Å². The number of hydrogen-bond acceptors (Lipinski definition) is 2. The molecule has 2 amide bonds. The van der Waals surface area contributed by atoms with E-state index in [4.69, 9.17) is 0 Å². The van der Waals surface area contributed by atoms with Crippen molar-refractivity contribution in [3.8, 4) is 0 Å². The molecular weight excluding hydrogens is 302 g/mol. The summed E-state index contributed by atoms with van der Waals surface area (Å²) < 4.78 is 0. The number of rotatable bonds is 6. The van der Waals surface area contributed by atoms with E-state index in [1.165, 1.54) is 0 Å². The fourth-order valence-electron chi connectivity index (χ4n) is 2.58. The van der Waals surface area contributed by atoms with Crippen LogP contribution in [0.2, 0.25) is 0 Å². The van der Waals surface area contributed by atoms with Gasteiger partial charge >= 0.3 is 0 Å². The molecule has 5 heteroatoms. The number of nitrogens with one attached hydrogen (secondary N) is 3. The van der Waals surface area contributed by atoms with Crippen LogP contribution in [-0.4, -0.2) is 29.9 Å². The lowest BCUT2D eigenvalue weighted by Crippen LogP contribution is -2.35. The molecule has 5 nitrogen and oxygen atoms in total. The summed E-state index contributed by atoms with van der Waals surface area (Å²) in [5.41, 5.74) is 2.51. The highest BCUT2D eigenvalue weighted by atomic mass is 16.2. The van der Waals surface area contributed by atoms with Gasteiger partial charge in [0.1, 0.15) is 0 Å². The quantitative estimate of drug-likeness (QED) is 0.609. The summed E-state index contributed by atoms with van der Waals surface area (Å²) in [6.45, 7) is 0.790. The largest absolute Gasteiger partial charge is 0.360 e. The molecule has 1 heterocycles. The molecule has 0 aliphatic carbocycles. The fourth-order valence-corrected chi connectivity index (χ4v) is 2.58. The zero-order valence-electron chi connectivity index (χ0n) is 13.2. The topological polar surface area (TPSA) is 74.0 Å². The van der Waals surface area contributed by atoms with Gasteiger partial charge in [-0.25, -0.2) is 0 Å². The van der Waals surface area contributed by atoms with Gasteiger partial charge in [-0.2, -0.15) is 0 Å². The van der Waals surface area contributed by atoms with Crippen LogP contribution in [0.1, 0.15) is 15.9 Å². The van der Waals surface area contributed by atoms with E-state index < -0.39 is 0 Å². The maximum Gasteiger partial charge on any atom is 0.253 e. The van der Waals surface area contributed by atoms with Crippen molar-refractivity contribution in [2.45, 2.75) is 6.42 Å². The van der Waals surface area contributed by atoms with Crippen LogP contribution in [0, 0.1) is 0 Å². The van der Waals surface area contributed by atoms with E-state index in [1.54, 1.807) is 6.20 Å². The summed E-state index contributed by atoms with van der Waals surface area (Å²) in [6, 6.07) is 17.2. The minimum absolute atomic E-state index is 0.0532. The molecule has 0 spiro atoms. The molecule has 3 aromatic rings. The zero-order valence-corrected chi connectivity index (χ0v) is 13.2. The van der Waals surface area contributed by atoms with E-state index in [2.05, 4.69) is 15.6 Å². The minimum atomic E-state index is -0.148. The number of amides is 2. The van der Waals surface area contributed by atoms with Crippen LogP contribution in [0.5, 0.6) is 0 Å². The highest BCUT2D eigenvalue weighted by Crippen LogP contribution is 2.17. The standard InChI is InChI=1S/C19H19N3O2/c23-18(12-14-6-2-1-3-7-14)20-10-11-21-19(24)16-13-22-17-9-5-4-8-15(16)17/h1-9,13,22H,10-12H2,(H,20,23)(H,21,24). The summed E-state index contributed by atoms with van der Waals surface area (Å²) in [5.74, 6) is -0.202. The number of hydrogen-bond donors (Lipinski definition) is 3. The van der Waals surface area contributed by atoms with E-state index in [0.29, 0.717) is 25.1 Å². The number of H-pyrrole nitrogens is 1. The summed E-state index contributed by atoms with van der Waals surface area (Å²) in [6.07, 6.45) is 2.05. The Morgan fingerprint density at radius 1 is 0.875 bits per heavy atom. The van der Waals surface area contributed by atoms with Gasteiger partial charge in [-0.3, -0.25) is 9.59 Å². The highest BCUT2D eigenvalue weighted by molar-refractivity contribution is 6.06. The second-order valence-corrected chi connectivity index (χ2v) is 5.52. The van der Waals surface area contributed by atoms with Gasteiger partial charge in [-0.05, 0) is 11.6 Å².